The molecule has 3 aliphatic rings. The predicted molar refractivity (Wildman–Crippen MR) is 97.8 cm³/mol. The fourth-order valence-electron chi connectivity index (χ4n) is 4.51. The predicted octanol–water partition coefficient (Wildman–Crippen LogP) is 3.66. The van der Waals surface area contributed by atoms with Gasteiger partial charge in [0.1, 0.15) is 0 Å². The summed E-state index contributed by atoms with van der Waals surface area (Å²) in [5.41, 5.74) is 6.00. The van der Waals surface area contributed by atoms with Gasteiger partial charge in [-0.1, -0.05) is 0 Å². The zero-order valence-electron chi connectivity index (χ0n) is 16.2. The minimum Gasteiger partial charge on any atom is -0.857 e. The van der Waals surface area contributed by atoms with Crippen LogP contribution in [0.5, 0.6) is 0 Å². The number of rotatable bonds is 5. The van der Waals surface area contributed by atoms with Gasteiger partial charge in [-0.3, -0.25) is 0 Å². The van der Waals surface area contributed by atoms with Crippen LogP contribution in [0.1, 0.15) is 51.9 Å². The van der Waals surface area contributed by atoms with Crippen LogP contribution in [-0.2, 0) is 34.9 Å². The van der Waals surface area contributed by atoms with E-state index in [9.17, 15) is 9.59 Å². The van der Waals surface area contributed by atoms with Gasteiger partial charge in [-0.25, -0.2) is 0 Å². The molecule has 146 valence electrons. The van der Waals surface area contributed by atoms with Crippen molar-refractivity contribution in [2.45, 2.75) is 56.1 Å². The summed E-state index contributed by atoms with van der Waals surface area (Å²) in [4.78, 5) is 23.6. The maximum atomic E-state index is 11.8. The molecule has 0 bridgehead atoms. The SMILES string of the molecule is C=CC(=O)[O][Ti+]([O]C(=O)C=C)[CH]1CCCC2=C1C(C)C1=C2CCCC1.C[O-]. The minimum atomic E-state index is -2.89. The van der Waals surface area contributed by atoms with E-state index in [2.05, 4.69) is 20.1 Å². The molecule has 0 radical (unpaired) electrons. The molecule has 0 spiro atoms. The van der Waals surface area contributed by atoms with Crippen LogP contribution >= 0.6 is 0 Å². The molecule has 0 saturated carbocycles. The van der Waals surface area contributed by atoms with Crippen LogP contribution in [0.25, 0.3) is 0 Å². The Bertz CT molecular complexity index is 654. The van der Waals surface area contributed by atoms with Gasteiger partial charge in [-0.05, 0) is 0 Å². The number of allylic oxidation sites excluding steroid dienone is 4. The maximum absolute atomic E-state index is 11.8. The molecule has 0 heterocycles. The summed E-state index contributed by atoms with van der Waals surface area (Å²) in [6, 6.07) is 0. The van der Waals surface area contributed by atoms with Crippen molar-refractivity contribution in [2.75, 3.05) is 7.11 Å². The molecule has 0 amide bonds. The molecule has 6 heteroatoms. The molecular formula is C21H28O5Ti. The van der Waals surface area contributed by atoms with Gasteiger partial charge in [0, 0.05) is 0 Å². The van der Waals surface area contributed by atoms with Crippen LogP contribution < -0.4 is 5.11 Å². The molecule has 2 unspecified atom stereocenters. The summed E-state index contributed by atoms with van der Waals surface area (Å²) in [5, 5.41) is 8.25. The van der Waals surface area contributed by atoms with E-state index < -0.39 is 30.6 Å². The van der Waals surface area contributed by atoms with E-state index in [-0.39, 0.29) is 4.22 Å². The first kappa shape index (κ1) is 21.9. The van der Waals surface area contributed by atoms with Gasteiger partial charge < -0.3 is 5.11 Å². The Morgan fingerprint density at radius 2 is 1.56 bits per heavy atom. The summed E-state index contributed by atoms with van der Waals surface area (Å²) in [6.07, 6.45) is 10.2. The fraction of sp³-hybridized carbons (Fsp3) is 0.524. The van der Waals surface area contributed by atoms with Gasteiger partial charge in [0.05, 0.1) is 0 Å². The standard InChI is InChI=1S/C14H19.2C3H4O2.CH3O.Ti/c1-10-11-6-2-4-8-13(11)14-9-5-3-7-12(10)14;2*1-2-3(4)5;1-2;/h6,10H,2-5,7-9H2,1H3;2*2H,1H2,(H,4,5);1H3;/q;;;-1;+3/p-2. The largest absolute Gasteiger partial charge is 0.857 e. The second-order valence-corrected chi connectivity index (χ2v) is 9.60. The van der Waals surface area contributed by atoms with Crippen LogP contribution in [0, 0.1) is 5.92 Å². The van der Waals surface area contributed by atoms with Crippen molar-refractivity contribution in [3.05, 3.63) is 47.6 Å². The van der Waals surface area contributed by atoms with Crippen LogP contribution in [0.2, 0.25) is 4.22 Å². The minimum absolute atomic E-state index is 0.0807. The summed E-state index contributed by atoms with van der Waals surface area (Å²) >= 11 is -2.89. The van der Waals surface area contributed by atoms with Crippen molar-refractivity contribution >= 4 is 11.9 Å². The Morgan fingerprint density at radius 1 is 1.00 bits per heavy atom. The van der Waals surface area contributed by atoms with Gasteiger partial charge in [0.2, 0.25) is 0 Å². The molecule has 0 aromatic heterocycles. The van der Waals surface area contributed by atoms with Crippen LogP contribution in [-0.4, -0.2) is 19.0 Å². The average molecular weight is 408 g/mol. The third-order valence-corrected chi connectivity index (χ3v) is 8.61. The van der Waals surface area contributed by atoms with Crippen LogP contribution in [0.4, 0.5) is 0 Å². The average Bonchev–Trinajstić information content (AvgIpc) is 3.01. The number of hydrogen-bond acceptors (Lipinski definition) is 5. The number of carbonyl (C=O) groups is 2. The third-order valence-electron chi connectivity index (χ3n) is 5.53. The second kappa shape index (κ2) is 10.2. The maximum Gasteiger partial charge on any atom is -0.153 e. The van der Waals surface area contributed by atoms with Crippen molar-refractivity contribution < 1.29 is 40.0 Å². The Kier molecular flexibility index (Phi) is 8.27. The zero-order chi connectivity index (χ0) is 20.0. The van der Waals surface area contributed by atoms with Gasteiger partial charge >= 0.3 is 156 Å². The molecule has 0 aromatic rings. The Balaban J connectivity index is 0.00000126. The Labute approximate surface area is 168 Å². The van der Waals surface area contributed by atoms with Crippen molar-refractivity contribution in [1.82, 2.24) is 0 Å². The van der Waals surface area contributed by atoms with Crippen LogP contribution in [0.15, 0.2) is 47.6 Å². The van der Waals surface area contributed by atoms with E-state index in [0.29, 0.717) is 5.92 Å². The number of fused-ring (bicyclic) bond motifs is 1. The second-order valence-electron chi connectivity index (χ2n) is 6.88. The normalized spacial score (nSPS) is 23.4. The van der Waals surface area contributed by atoms with Gasteiger partial charge in [-0.2, -0.15) is 7.11 Å². The molecule has 0 aromatic carbocycles. The smallest absolute Gasteiger partial charge is 0.153 e. The summed E-state index contributed by atoms with van der Waals surface area (Å²) in [7, 11) is 0.750. The first-order chi connectivity index (χ1) is 13.1. The van der Waals surface area contributed by atoms with Crippen molar-refractivity contribution in [3.8, 4) is 0 Å². The zero-order valence-corrected chi connectivity index (χ0v) is 17.8. The first-order valence-electron chi connectivity index (χ1n) is 9.48. The molecule has 0 saturated heterocycles. The van der Waals surface area contributed by atoms with Gasteiger partial charge in [0.25, 0.3) is 0 Å². The molecule has 3 rings (SSSR count). The Hall–Kier alpha value is -1.43. The van der Waals surface area contributed by atoms with Gasteiger partial charge in [0.15, 0.2) is 0 Å². The van der Waals surface area contributed by atoms with Crippen LogP contribution in [0.3, 0.4) is 0 Å². The third kappa shape index (κ3) is 4.71. The van der Waals surface area contributed by atoms with E-state index in [4.69, 9.17) is 11.7 Å². The molecule has 0 fully saturated rings. The van der Waals surface area contributed by atoms with Gasteiger partial charge in [-0.15, -0.1) is 0 Å². The first-order valence-corrected chi connectivity index (χ1v) is 11.7. The molecule has 3 aliphatic carbocycles. The molecule has 2 atom stereocenters. The Morgan fingerprint density at radius 3 is 2.15 bits per heavy atom. The van der Waals surface area contributed by atoms with Crippen molar-refractivity contribution in [3.63, 3.8) is 0 Å². The van der Waals surface area contributed by atoms with Crippen molar-refractivity contribution in [1.29, 1.82) is 0 Å². The van der Waals surface area contributed by atoms with E-state index >= 15 is 0 Å². The van der Waals surface area contributed by atoms with E-state index in [0.717, 1.165) is 38.5 Å². The molecule has 27 heavy (non-hydrogen) atoms. The molecular weight excluding hydrogens is 380 g/mol. The topological polar surface area (TPSA) is 75.7 Å². The summed E-state index contributed by atoms with van der Waals surface area (Å²) < 4.78 is 11.3. The monoisotopic (exact) mass is 408 g/mol. The molecule has 0 N–H and O–H groups in total. The quantitative estimate of drug-likeness (QED) is 0.513. The van der Waals surface area contributed by atoms with E-state index in [1.54, 1.807) is 11.1 Å². The number of carbonyl (C=O) groups excluding carboxylic acids is 2. The fourth-order valence-corrected chi connectivity index (χ4v) is 7.64. The summed E-state index contributed by atoms with van der Waals surface area (Å²) in [5.74, 6) is -0.603. The summed E-state index contributed by atoms with van der Waals surface area (Å²) in [6.45, 7) is 9.21. The number of hydrogen-bond donors (Lipinski definition) is 0. The van der Waals surface area contributed by atoms with Crippen molar-refractivity contribution in [2.24, 2.45) is 5.92 Å². The van der Waals surface area contributed by atoms with E-state index in [1.807, 2.05) is 0 Å². The van der Waals surface area contributed by atoms with E-state index in [1.165, 1.54) is 36.8 Å². The molecule has 5 nitrogen and oxygen atoms in total. The molecule has 0 aliphatic heterocycles.